The fourth-order valence-corrected chi connectivity index (χ4v) is 6.10. The SMILES string of the molecule is CCC(C(=O)NCC(=O)OCc1ccccc1)c1ccccc1OP(=O)(O)CCC(NC(=O)OCc1ccccc1)C(=O)OCc1ccccc1. The summed E-state index contributed by atoms with van der Waals surface area (Å²) in [5, 5.41) is 5.01. The maximum Gasteiger partial charge on any atom is 0.408 e. The molecule has 3 unspecified atom stereocenters. The predicted molar refractivity (Wildman–Crippen MR) is 188 cm³/mol. The number of hydrogen-bond donors (Lipinski definition) is 3. The van der Waals surface area contributed by atoms with Gasteiger partial charge in [0.25, 0.3) is 0 Å². The minimum absolute atomic E-state index is 0.0181. The van der Waals surface area contributed by atoms with Crippen LogP contribution in [-0.4, -0.2) is 47.6 Å². The van der Waals surface area contributed by atoms with E-state index >= 15 is 0 Å². The lowest BCUT2D eigenvalue weighted by atomic mass is 9.95. The molecule has 12 nitrogen and oxygen atoms in total. The maximum absolute atomic E-state index is 13.4. The normalized spacial score (nSPS) is 13.1. The van der Waals surface area contributed by atoms with Gasteiger partial charge in [-0.25, -0.2) is 14.2 Å². The van der Waals surface area contributed by atoms with Crippen LogP contribution in [0.3, 0.4) is 0 Å². The van der Waals surface area contributed by atoms with Crippen LogP contribution in [0.5, 0.6) is 5.75 Å². The highest BCUT2D eigenvalue weighted by molar-refractivity contribution is 7.53. The zero-order chi connectivity index (χ0) is 36.5. The van der Waals surface area contributed by atoms with Crippen molar-refractivity contribution in [2.45, 2.75) is 51.5 Å². The molecule has 268 valence electrons. The van der Waals surface area contributed by atoms with E-state index in [-0.39, 0.29) is 45.0 Å². The molecule has 0 aliphatic carbocycles. The number of para-hydroxylation sites is 1. The predicted octanol–water partition coefficient (Wildman–Crippen LogP) is 6.03. The molecule has 4 aromatic carbocycles. The van der Waals surface area contributed by atoms with Gasteiger partial charge in [-0.2, -0.15) is 0 Å². The lowest BCUT2D eigenvalue weighted by Crippen LogP contribution is -2.42. The van der Waals surface area contributed by atoms with Crippen molar-refractivity contribution in [1.82, 2.24) is 10.6 Å². The van der Waals surface area contributed by atoms with E-state index in [1.807, 2.05) is 42.5 Å². The van der Waals surface area contributed by atoms with Crippen molar-refractivity contribution in [3.05, 3.63) is 138 Å². The molecule has 0 aromatic heterocycles. The first-order valence-electron chi connectivity index (χ1n) is 16.4. The van der Waals surface area contributed by atoms with E-state index in [1.165, 1.54) is 6.07 Å². The van der Waals surface area contributed by atoms with Crippen LogP contribution < -0.4 is 15.2 Å². The summed E-state index contributed by atoms with van der Waals surface area (Å²) in [6, 6.07) is 31.9. The van der Waals surface area contributed by atoms with Gasteiger partial charge >= 0.3 is 25.6 Å². The van der Waals surface area contributed by atoms with Gasteiger partial charge < -0.3 is 34.3 Å². The first-order valence-corrected chi connectivity index (χ1v) is 18.1. The van der Waals surface area contributed by atoms with Gasteiger partial charge in [-0.15, -0.1) is 0 Å². The number of alkyl carbamates (subject to hydrolysis) is 1. The minimum Gasteiger partial charge on any atom is -0.460 e. The lowest BCUT2D eigenvalue weighted by molar-refractivity contribution is -0.147. The number of rotatable bonds is 18. The highest BCUT2D eigenvalue weighted by Crippen LogP contribution is 2.46. The highest BCUT2D eigenvalue weighted by atomic mass is 31.2. The van der Waals surface area contributed by atoms with Crippen LogP contribution in [-0.2, 0) is 53.0 Å². The Bertz CT molecular complexity index is 1770. The molecule has 4 rings (SSSR count). The van der Waals surface area contributed by atoms with Crippen molar-refractivity contribution >= 4 is 31.5 Å². The molecule has 2 amide bonds. The van der Waals surface area contributed by atoms with Crippen LogP contribution in [0.2, 0.25) is 0 Å². The van der Waals surface area contributed by atoms with Crippen molar-refractivity contribution in [2.24, 2.45) is 0 Å². The van der Waals surface area contributed by atoms with Gasteiger partial charge in [0.05, 0.1) is 12.1 Å². The quantitative estimate of drug-likeness (QED) is 0.0629. The standard InChI is InChI=1S/C38H41N2O10P/c1-2-31(36(42)39-24-35(41)47-25-28-14-6-3-7-15-28)32-20-12-13-21-34(32)50-51(45,46)23-22-33(37(43)48-26-29-16-8-4-9-17-29)40-38(44)49-27-30-18-10-5-11-19-30/h3-21,31,33H,2,22-27H2,1H3,(H,39,42)(H,40,44)(H,45,46). The molecule has 3 N–H and O–H groups in total. The molecule has 0 spiro atoms. The Morgan fingerprint density at radius 1 is 0.706 bits per heavy atom. The molecule has 51 heavy (non-hydrogen) atoms. The number of nitrogens with one attached hydrogen (secondary N) is 2. The molecule has 0 saturated carbocycles. The van der Waals surface area contributed by atoms with Crippen molar-refractivity contribution in [3.63, 3.8) is 0 Å². The number of hydrogen-bond acceptors (Lipinski definition) is 9. The van der Waals surface area contributed by atoms with E-state index in [2.05, 4.69) is 10.6 Å². The van der Waals surface area contributed by atoms with Crippen LogP contribution in [0.1, 0.15) is 47.9 Å². The second-order valence-electron chi connectivity index (χ2n) is 11.5. The molecule has 0 heterocycles. The number of carbonyl (C=O) groups excluding carboxylic acids is 4. The molecule has 0 fully saturated rings. The molecule has 3 atom stereocenters. The zero-order valence-corrected chi connectivity index (χ0v) is 29.0. The molecule has 13 heteroatoms. The summed E-state index contributed by atoms with van der Waals surface area (Å²) in [5.74, 6) is -2.81. The van der Waals surface area contributed by atoms with E-state index in [0.29, 0.717) is 11.1 Å². The third-order valence-electron chi connectivity index (χ3n) is 7.62. The van der Waals surface area contributed by atoms with Crippen molar-refractivity contribution < 1.29 is 47.4 Å². The molecule has 4 aromatic rings. The average molecular weight is 717 g/mol. The summed E-state index contributed by atoms with van der Waals surface area (Å²) >= 11 is 0. The second-order valence-corrected chi connectivity index (χ2v) is 13.4. The van der Waals surface area contributed by atoms with Gasteiger partial charge in [-0.05, 0) is 35.6 Å². The van der Waals surface area contributed by atoms with Gasteiger partial charge in [0.1, 0.15) is 38.2 Å². The van der Waals surface area contributed by atoms with Gasteiger partial charge in [0.2, 0.25) is 5.91 Å². The molecule has 0 saturated heterocycles. The van der Waals surface area contributed by atoms with Crippen LogP contribution in [0.25, 0.3) is 0 Å². The third-order valence-corrected chi connectivity index (χ3v) is 8.93. The maximum atomic E-state index is 13.4. The first-order chi connectivity index (χ1) is 24.6. The largest absolute Gasteiger partial charge is 0.460 e. The Morgan fingerprint density at radius 2 is 1.22 bits per heavy atom. The number of esters is 2. The molecular weight excluding hydrogens is 675 g/mol. The highest BCUT2D eigenvalue weighted by Gasteiger charge is 2.31. The van der Waals surface area contributed by atoms with Crippen molar-refractivity contribution in [3.8, 4) is 5.75 Å². The van der Waals surface area contributed by atoms with E-state index in [0.717, 1.165) is 11.1 Å². The molecule has 0 aliphatic heterocycles. The summed E-state index contributed by atoms with van der Waals surface area (Å²) in [7, 11) is -4.47. The Morgan fingerprint density at radius 3 is 1.78 bits per heavy atom. The Balaban J connectivity index is 1.37. The monoisotopic (exact) mass is 716 g/mol. The lowest BCUT2D eigenvalue weighted by Gasteiger charge is -2.22. The van der Waals surface area contributed by atoms with Gasteiger partial charge in [0, 0.05) is 5.56 Å². The number of ether oxygens (including phenoxy) is 3. The number of amides is 2. The number of carbonyl (C=O) groups is 4. The fourth-order valence-electron chi connectivity index (χ4n) is 4.95. The van der Waals surface area contributed by atoms with Crippen LogP contribution >= 0.6 is 7.60 Å². The number of benzene rings is 4. The fraction of sp³-hybridized carbons (Fsp3) is 0.263. The zero-order valence-electron chi connectivity index (χ0n) is 28.1. The van der Waals surface area contributed by atoms with Gasteiger partial charge in [-0.3, -0.25) is 9.59 Å². The summed E-state index contributed by atoms with van der Waals surface area (Å²) in [4.78, 5) is 62.1. The van der Waals surface area contributed by atoms with Gasteiger partial charge in [0.15, 0.2) is 0 Å². The van der Waals surface area contributed by atoms with E-state index < -0.39 is 49.7 Å². The Kier molecular flexibility index (Phi) is 14.8. The average Bonchev–Trinajstić information content (AvgIpc) is 3.15. The minimum atomic E-state index is -4.47. The Labute approximate surface area is 296 Å². The van der Waals surface area contributed by atoms with Crippen molar-refractivity contribution in [2.75, 3.05) is 12.7 Å². The molecular formula is C38H41N2O10P. The molecule has 0 radical (unpaired) electrons. The first kappa shape index (κ1) is 38.4. The van der Waals surface area contributed by atoms with Gasteiger partial charge in [-0.1, -0.05) is 116 Å². The summed E-state index contributed by atoms with van der Waals surface area (Å²) < 4.78 is 34.9. The van der Waals surface area contributed by atoms with Crippen LogP contribution in [0, 0.1) is 0 Å². The topological polar surface area (TPSA) is 167 Å². The van der Waals surface area contributed by atoms with Crippen molar-refractivity contribution in [1.29, 1.82) is 0 Å². The summed E-state index contributed by atoms with van der Waals surface area (Å²) in [6.45, 7) is 1.31. The Hall–Kier alpha value is -5.45. The van der Waals surface area contributed by atoms with E-state index in [4.69, 9.17) is 18.7 Å². The molecule has 0 bridgehead atoms. The third kappa shape index (κ3) is 13.1. The summed E-state index contributed by atoms with van der Waals surface area (Å²) in [6.07, 6.45) is -1.51. The van der Waals surface area contributed by atoms with E-state index in [1.54, 1.807) is 73.7 Å². The second kappa shape index (κ2) is 19.7. The van der Waals surface area contributed by atoms with Crippen LogP contribution in [0.15, 0.2) is 115 Å². The molecule has 0 aliphatic rings. The van der Waals surface area contributed by atoms with E-state index in [9.17, 15) is 28.6 Å². The smallest absolute Gasteiger partial charge is 0.408 e. The summed E-state index contributed by atoms with van der Waals surface area (Å²) in [5.41, 5.74) is 2.57. The van der Waals surface area contributed by atoms with Crippen LogP contribution in [0.4, 0.5) is 4.79 Å².